The van der Waals surface area contributed by atoms with Gasteiger partial charge >= 0.3 is 0 Å². The molecule has 2 amide bonds. The van der Waals surface area contributed by atoms with Crippen LogP contribution in [0.3, 0.4) is 0 Å². The molecule has 1 aliphatic heterocycles. The van der Waals surface area contributed by atoms with Gasteiger partial charge in [-0.15, -0.1) is 0 Å². The van der Waals surface area contributed by atoms with E-state index < -0.39 is 0 Å². The molecule has 0 spiro atoms. The van der Waals surface area contributed by atoms with Crippen molar-refractivity contribution < 1.29 is 9.59 Å². The Bertz CT molecular complexity index is 798. The van der Waals surface area contributed by atoms with E-state index in [4.69, 9.17) is 11.6 Å². The smallest absolute Gasteiger partial charge is 0.255 e. The normalized spacial score (nSPS) is 16.3. The highest BCUT2D eigenvalue weighted by atomic mass is 35.5. The average Bonchev–Trinajstić information content (AvgIpc) is 3.08. The van der Waals surface area contributed by atoms with Crippen molar-refractivity contribution >= 4 is 23.4 Å². The third-order valence-electron chi connectivity index (χ3n) is 4.62. The lowest BCUT2D eigenvalue weighted by Gasteiger charge is -2.32. The lowest BCUT2D eigenvalue weighted by atomic mass is 9.95. The van der Waals surface area contributed by atoms with Crippen molar-refractivity contribution in [1.82, 2.24) is 25.4 Å². The van der Waals surface area contributed by atoms with E-state index in [9.17, 15) is 9.59 Å². The zero-order valence-corrected chi connectivity index (χ0v) is 15.6. The van der Waals surface area contributed by atoms with Gasteiger partial charge in [0.05, 0.1) is 16.6 Å². The molecule has 7 nitrogen and oxygen atoms in total. The van der Waals surface area contributed by atoms with Crippen molar-refractivity contribution in [2.24, 2.45) is 5.92 Å². The second kappa shape index (κ2) is 7.86. The molecule has 26 heavy (non-hydrogen) atoms. The number of benzene rings is 1. The molecule has 8 heteroatoms. The van der Waals surface area contributed by atoms with Crippen LogP contribution in [-0.4, -0.2) is 45.0 Å². The third kappa shape index (κ3) is 4.04. The summed E-state index contributed by atoms with van der Waals surface area (Å²) in [5.74, 6) is 1.06. The number of hydrogen-bond acceptors (Lipinski definition) is 4. The number of hydrogen-bond donors (Lipinski definition) is 2. The maximum atomic E-state index is 12.6. The molecule has 138 valence electrons. The van der Waals surface area contributed by atoms with Gasteiger partial charge in [-0.3, -0.25) is 14.7 Å². The van der Waals surface area contributed by atoms with E-state index in [0.29, 0.717) is 48.2 Å². The Hall–Kier alpha value is -2.41. The maximum absolute atomic E-state index is 12.6. The molecule has 0 radical (unpaired) electrons. The van der Waals surface area contributed by atoms with Crippen LogP contribution in [0, 0.1) is 12.8 Å². The van der Waals surface area contributed by atoms with Gasteiger partial charge in [0.25, 0.3) is 5.91 Å². The largest absolute Gasteiger partial charge is 0.346 e. The summed E-state index contributed by atoms with van der Waals surface area (Å²) in [6.45, 7) is 4.75. The number of aromatic amines is 1. The van der Waals surface area contributed by atoms with Gasteiger partial charge in [0, 0.05) is 19.0 Å². The summed E-state index contributed by atoms with van der Waals surface area (Å²) in [4.78, 5) is 31.1. The zero-order chi connectivity index (χ0) is 18.7. The standard InChI is InChI=1S/C18H22ClN5O2/c1-11(16-21-12(2)22-23-16)20-17(25)13-7-9-24(10-8-13)18(26)14-5-3-4-6-15(14)19/h3-6,11,13H,7-10H2,1-2H3,(H,20,25)(H,21,22,23)/t11-/m0/s1. The van der Waals surface area contributed by atoms with Crippen LogP contribution in [0.15, 0.2) is 24.3 Å². The predicted molar refractivity (Wildman–Crippen MR) is 97.8 cm³/mol. The fourth-order valence-corrected chi connectivity index (χ4v) is 3.32. The highest BCUT2D eigenvalue weighted by molar-refractivity contribution is 6.33. The third-order valence-corrected chi connectivity index (χ3v) is 4.95. The summed E-state index contributed by atoms with van der Waals surface area (Å²) in [6.07, 6.45) is 1.25. The van der Waals surface area contributed by atoms with Crippen molar-refractivity contribution in [3.8, 4) is 0 Å². The highest BCUT2D eigenvalue weighted by Crippen LogP contribution is 2.23. The topological polar surface area (TPSA) is 91.0 Å². The minimum Gasteiger partial charge on any atom is -0.346 e. The minimum atomic E-state index is -0.254. The number of carbonyl (C=O) groups excluding carboxylic acids is 2. The first kappa shape index (κ1) is 18.4. The maximum Gasteiger partial charge on any atom is 0.255 e. The first-order chi connectivity index (χ1) is 12.5. The van der Waals surface area contributed by atoms with Gasteiger partial charge in [-0.25, -0.2) is 4.98 Å². The van der Waals surface area contributed by atoms with E-state index >= 15 is 0 Å². The van der Waals surface area contributed by atoms with Crippen molar-refractivity contribution in [3.63, 3.8) is 0 Å². The molecule has 3 rings (SSSR count). The number of amides is 2. The summed E-state index contributed by atoms with van der Waals surface area (Å²) in [5, 5.41) is 10.3. The molecule has 2 aromatic rings. The number of aryl methyl sites for hydroxylation is 1. The van der Waals surface area contributed by atoms with Crippen LogP contribution >= 0.6 is 11.6 Å². The molecule has 1 saturated heterocycles. The summed E-state index contributed by atoms with van der Waals surface area (Å²) < 4.78 is 0. The zero-order valence-electron chi connectivity index (χ0n) is 14.8. The predicted octanol–water partition coefficient (Wildman–Crippen LogP) is 2.50. The molecular weight excluding hydrogens is 354 g/mol. The molecule has 1 aromatic heterocycles. The van der Waals surface area contributed by atoms with E-state index in [1.165, 1.54) is 0 Å². The number of piperidine rings is 1. The Labute approximate surface area is 157 Å². The molecular formula is C18H22ClN5O2. The average molecular weight is 376 g/mol. The van der Waals surface area contributed by atoms with Gasteiger partial charge in [0.2, 0.25) is 5.91 Å². The fourth-order valence-electron chi connectivity index (χ4n) is 3.10. The molecule has 0 unspecified atom stereocenters. The summed E-state index contributed by atoms with van der Waals surface area (Å²) in [5.41, 5.74) is 0.505. The summed E-state index contributed by atoms with van der Waals surface area (Å²) in [7, 11) is 0. The molecule has 1 aromatic carbocycles. The van der Waals surface area contributed by atoms with E-state index in [1.54, 1.807) is 29.2 Å². The number of likely N-dealkylation sites (tertiary alicyclic amines) is 1. The first-order valence-corrected chi connectivity index (χ1v) is 9.06. The summed E-state index contributed by atoms with van der Waals surface area (Å²) >= 11 is 6.11. The van der Waals surface area contributed by atoms with Crippen LogP contribution in [0.25, 0.3) is 0 Å². The lowest BCUT2D eigenvalue weighted by molar-refractivity contribution is -0.127. The number of halogens is 1. The van der Waals surface area contributed by atoms with Crippen LogP contribution in [0.4, 0.5) is 0 Å². The highest BCUT2D eigenvalue weighted by Gasteiger charge is 2.29. The molecule has 0 saturated carbocycles. The van der Waals surface area contributed by atoms with Crippen LogP contribution in [-0.2, 0) is 4.79 Å². The SMILES string of the molecule is Cc1nc([C@H](C)NC(=O)C2CCN(C(=O)c3ccccc3Cl)CC2)n[nH]1. The first-order valence-electron chi connectivity index (χ1n) is 8.68. The van der Waals surface area contributed by atoms with E-state index in [1.807, 2.05) is 13.8 Å². The molecule has 0 aliphatic carbocycles. The number of H-pyrrole nitrogens is 1. The van der Waals surface area contributed by atoms with Crippen molar-refractivity contribution in [2.45, 2.75) is 32.7 Å². The Morgan fingerprint density at radius 2 is 2.00 bits per heavy atom. The number of aromatic nitrogens is 3. The monoisotopic (exact) mass is 375 g/mol. The Kier molecular flexibility index (Phi) is 5.56. The number of rotatable bonds is 4. The van der Waals surface area contributed by atoms with Crippen molar-refractivity contribution in [2.75, 3.05) is 13.1 Å². The molecule has 2 heterocycles. The van der Waals surface area contributed by atoms with Crippen LogP contribution in [0.5, 0.6) is 0 Å². The minimum absolute atomic E-state index is 0.0233. The lowest BCUT2D eigenvalue weighted by Crippen LogP contribution is -2.43. The fraction of sp³-hybridized carbons (Fsp3) is 0.444. The van der Waals surface area contributed by atoms with Gasteiger partial charge in [-0.05, 0) is 38.8 Å². The van der Waals surface area contributed by atoms with Gasteiger partial charge in [-0.2, -0.15) is 5.10 Å². The van der Waals surface area contributed by atoms with Crippen molar-refractivity contribution in [3.05, 3.63) is 46.5 Å². The van der Waals surface area contributed by atoms with E-state index in [-0.39, 0.29) is 23.8 Å². The van der Waals surface area contributed by atoms with Crippen LogP contribution in [0.1, 0.15) is 47.8 Å². The quantitative estimate of drug-likeness (QED) is 0.858. The van der Waals surface area contributed by atoms with E-state index in [0.717, 1.165) is 0 Å². The summed E-state index contributed by atoms with van der Waals surface area (Å²) in [6, 6.07) is 6.78. The molecule has 1 aliphatic rings. The van der Waals surface area contributed by atoms with Gasteiger partial charge in [-0.1, -0.05) is 23.7 Å². The number of carbonyl (C=O) groups is 2. The Morgan fingerprint density at radius 1 is 1.31 bits per heavy atom. The molecule has 2 N–H and O–H groups in total. The Morgan fingerprint density at radius 3 is 2.62 bits per heavy atom. The second-order valence-electron chi connectivity index (χ2n) is 6.56. The molecule has 1 fully saturated rings. The van der Waals surface area contributed by atoms with Gasteiger partial charge in [0.15, 0.2) is 5.82 Å². The van der Waals surface area contributed by atoms with Crippen LogP contribution in [0.2, 0.25) is 5.02 Å². The Balaban J connectivity index is 1.54. The van der Waals surface area contributed by atoms with Crippen LogP contribution < -0.4 is 5.32 Å². The van der Waals surface area contributed by atoms with Gasteiger partial charge in [0.1, 0.15) is 5.82 Å². The van der Waals surface area contributed by atoms with Crippen molar-refractivity contribution in [1.29, 1.82) is 0 Å². The number of nitrogens with one attached hydrogen (secondary N) is 2. The van der Waals surface area contributed by atoms with Gasteiger partial charge < -0.3 is 10.2 Å². The molecule has 0 bridgehead atoms. The second-order valence-corrected chi connectivity index (χ2v) is 6.96. The van der Waals surface area contributed by atoms with E-state index in [2.05, 4.69) is 20.5 Å². The number of nitrogens with zero attached hydrogens (tertiary/aromatic N) is 3. The molecule has 1 atom stereocenters.